The highest BCUT2D eigenvalue weighted by atomic mass is 32.1. The number of aromatic carboxylic acids is 1. The third-order valence-corrected chi connectivity index (χ3v) is 5.54. The first-order valence-corrected chi connectivity index (χ1v) is 10.3. The maximum absolute atomic E-state index is 12.4. The van der Waals surface area contributed by atoms with E-state index < -0.39 is 22.9 Å². The van der Waals surface area contributed by atoms with E-state index in [-0.39, 0.29) is 11.1 Å². The zero-order valence-corrected chi connectivity index (χ0v) is 17.9. The molecule has 11 nitrogen and oxygen atoms in total. The highest BCUT2D eigenvalue weighted by Crippen LogP contribution is 2.16. The van der Waals surface area contributed by atoms with Crippen molar-refractivity contribution >= 4 is 46.2 Å². The lowest BCUT2D eigenvalue weighted by atomic mass is 10.2. The Morgan fingerprint density at radius 3 is 2.66 bits per heavy atom. The summed E-state index contributed by atoms with van der Waals surface area (Å²) < 4.78 is 6.65. The number of anilines is 1. The number of aromatic nitrogens is 3. The number of pyridine rings is 1. The molecule has 32 heavy (non-hydrogen) atoms. The van der Waals surface area contributed by atoms with Gasteiger partial charge >= 0.3 is 0 Å². The zero-order valence-electron chi connectivity index (χ0n) is 17.1. The monoisotopic (exact) mass is 455 g/mol. The second-order valence-corrected chi connectivity index (χ2v) is 7.45. The molecule has 1 aliphatic heterocycles. The topological polar surface area (TPSA) is 137 Å². The summed E-state index contributed by atoms with van der Waals surface area (Å²) >= 11 is 5.33. The third kappa shape index (κ3) is 4.04. The fraction of sp³-hybridized carbons (Fsp3) is 0.300. The van der Waals surface area contributed by atoms with Crippen LogP contribution in [0.2, 0.25) is 0 Å². The van der Waals surface area contributed by atoms with Crippen LogP contribution in [0.15, 0.2) is 40.0 Å². The van der Waals surface area contributed by atoms with E-state index >= 15 is 0 Å². The molecule has 0 atom stereocenters. The zero-order chi connectivity index (χ0) is 22.8. The number of nitrogens with one attached hydrogen (secondary N) is 1. The van der Waals surface area contributed by atoms with E-state index in [1.165, 1.54) is 18.7 Å². The molecule has 0 unspecified atom stereocenters. The highest BCUT2D eigenvalue weighted by molar-refractivity contribution is 7.80. The normalized spacial score (nSPS) is 13.9. The predicted molar refractivity (Wildman–Crippen MR) is 116 cm³/mol. The molecule has 12 heteroatoms. The lowest BCUT2D eigenvalue weighted by Gasteiger charge is -2.35. The van der Waals surface area contributed by atoms with Gasteiger partial charge in [-0.15, -0.1) is 0 Å². The number of carbonyl (C=O) groups is 2. The number of aryl methyl sites for hydroxylation is 1. The smallest absolute Gasteiger partial charge is 0.293 e. The van der Waals surface area contributed by atoms with Crippen LogP contribution >= 0.6 is 12.2 Å². The molecule has 166 valence electrons. The number of hydrogen-bond acceptors (Lipinski definition) is 9. The minimum absolute atomic E-state index is 0.123. The Hall–Kier alpha value is -3.80. The lowest BCUT2D eigenvalue weighted by Crippen LogP contribution is -2.53. The summed E-state index contributed by atoms with van der Waals surface area (Å²) in [5.41, 5.74) is -0.732. The van der Waals surface area contributed by atoms with E-state index in [4.69, 9.17) is 16.6 Å². The van der Waals surface area contributed by atoms with Crippen molar-refractivity contribution in [1.29, 1.82) is 0 Å². The number of nitrogens with zero attached hydrogens (tertiary/aromatic N) is 5. The molecule has 0 aromatic carbocycles. The molecule has 4 heterocycles. The number of carbonyl (C=O) groups excluding carboxylic acids is 2. The molecule has 1 saturated heterocycles. The summed E-state index contributed by atoms with van der Waals surface area (Å²) in [6.45, 7) is 4.38. The van der Waals surface area contributed by atoms with Crippen molar-refractivity contribution < 1.29 is 19.1 Å². The summed E-state index contributed by atoms with van der Waals surface area (Å²) in [7, 11) is 0. The van der Waals surface area contributed by atoms with E-state index in [1.54, 1.807) is 16.7 Å². The largest absolute Gasteiger partial charge is 0.545 e. The lowest BCUT2D eigenvalue weighted by molar-refractivity contribution is -0.255. The van der Waals surface area contributed by atoms with E-state index in [0.717, 1.165) is 0 Å². The van der Waals surface area contributed by atoms with Crippen LogP contribution in [0.1, 0.15) is 27.8 Å². The van der Waals surface area contributed by atoms with Crippen LogP contribution in [0.5, 0.6) is 0 Å². The summed E-state index contributed by atoms with van der Waals surface area (Å²) in [5, 5.41) is 14.3. The summed E-state index contributed by atoms with van der Waals surface area (Å²) in [5.74, 6) is -1.34. The molecule has 0 spiro atoms. The molecule has 0 radical (unpaired) electrons. The van der Waals surface area contributed by atoms with E-state index in [1.807, 2.05) is 16.7 Å². The molecular weight excluding hydrogens is 436 g/mol. The van der Waals surface area contributed by atoms with Crippen molar-refractivity contribution in [2.45, 2.75) is 13.5 Å². The maximum atomic E-state index is 12.4. The van der Waals surface area contributed by atoms with Crippen molar-refractivity contribution in [3.05, 3.63) is 52.3 Å². The van der Waals surface area contributed by atoms with Gasteiger partial charge < -0.3 is 28.7 Å². The first-order valence-electron chi connectivity index (χ1n) is 9.89. The second-order valence-electron chi connectivity index (χ2n) is 7.06. The van der Waals surface area contributed by atoms with Crippen LogP contribution < -0.4 is 20.8 Å². The van der Waals surface area contributed by atoms with Crippen LogP contribution in [-0.2, 0) is 6.54 Å². The SMILES string of the molecule is CCn1cc(C(=O)[O-])c(=O)c2cnc(N3CCN(C(=S)NC(=O)c4ccco4)CC3)nc21. The molecule has 3 aromatic rings. The number of rotatable bonds is 4. The number of carboxylic acid groups (broad SMARTS) is 1. The van der Waals surface area contributed by atoms with Gasteiger partial charge in [0.25, 0.3) is 5.91 Å². The first kappa shape index (κ1) is 21.4. The van der Waals surface area contributed by atoms with E-state index in [0.29, 0.717) is 49.4 Å². The summed E-state index contributed by atoms with van der Waals surface area (Å²) in [6.07, 6.45) is 4.01. The van der Waals surface area contributed by atoms with Gasteiger partial charge in [-0.2, -0.15) is 4.98 Å². The maximum Gasteiger partial charge on any atom is 0.293 e. The molecule has 1 aliphatic rings. The number of hydrogen-bond donors (Lipinski definition) is 1. The van der Waals surface area contributed by atoms with Gasteiger partial charge in [-0.05, 0) is 31.3 Å². The van der Waals surface area contributed by atoms with Crippen LogP contribution in [0.3, 0.4) is 0 Å². The first-order chi connectivity index (χ1) is 15.4. The molecule has 3 aromatic heterocycles. The molecule has 4 rings (SSSR count). The minimum atomic E-state index is -1.53. The molecule has 0 saturated carbocycles. The van der Waals surface area contributed by atoms with Gasteiger partial charge in [-0.3, -0.25) is 14.9 Å². The number of piperazine rings is 1. The van der Waals surface area contributed by atoms with Crippen molar-refractivity contribution in [2.75, 3.05) is 31.1 Å². The molecule has 0 bridgehead atoms. The number of fused-ring (bicyclic) bond motifs is 1. The second kappa shape index (κ2) is 8.75. The van der Waals surface area contributed by atoms with Crippen molar-refractivity contribution in [1.82, 2.24) is 24.8 Å². The fourth-order valence-corrected chi connectivity index (χ4v) is 3.73. The van der Waals surface area contributed by atoms with Crippen LogP contribution in [-0.4, -0.2) is 62.6 Å². The van der Waals surface area contributed by atoms with Crippen molar-refractivity contribution in [2.24, 2.45) is 0 Å². The van der Waals surface area contributed by atoms with Crippen LogP contribution in [0.25, 0.3) is 11.0 Å². The van der Waals surface area contributed by atoms with Gasteiger partial charge in [-0.25, -0.2) is 4.98 Å². The van der Waals surface area contributed by atoms with Crippen molar-refractivity contribution in [3.63, 3.8) is 0 Å². The number of furan rings is 1. The Kier molecular flexibility index (Phi) is 5.86. The number of thiocarbonyl (C=S) groups is 1. The van der Waals surface area contributed by atoms with Crippen LogP contribution in [0.4, 0.5) is 5.95 Å². The molecular formula is C20H19N6O5S-. The van der Waals surface area contributed by atoms with E-state index in [9.17, 15) is 19.5 Å². The molecule has 1 amide bonds. The van der Waals surface area contributed by atoms with E-state index in [2.05, 4.69) is 15.3 Å². The Bertz CT molecular complexity index is 1250. The Labute approximate surface area is 187 Å². The Morgan fingerprint density at radius 2 is 2.03 bits per heavy atom. The van der Waals surface area contributed by atoms with Gasteiger partial charge in [-0.1, -0.05) is 0 Å². The average molecular weight is 455 g/mol. The number of amides is 1. The van der Waals surface area contributed by atoms with Crippen molar-refractivity contribution in [3.8, 4) is 0 Å². The molecule has 1 N–H and O–H groups in total. The fourth-order valence-electron chi connectivity index (χ4n) is 3.46. The Morgan fingerprint density at radius 1 is 1.28 bits per heavy atom. The van der Waals surface area contributed by atoms with Gasteiger partial charge in [0.15, 0.2) is 10.9 Å². The molecule has 0 aliphatic carbocycles. The van der Waals surface area contributed by atoms with Gasteiger partial charge in [0.2, 0.25) is 11.4 Å². The third-order valence-electron chi connectivity index (χ3n) is 5.18. The van der Waals surface area contributed by atoms with Gasteiger partial charge in [0.1, 0.15) is 5.65 Å². The summed E-state index contributed by atoms with van der Waals surface area (Å²) in [6, 6.07) is 3.18. The number of carboxylic acids is 1. The minimum Gasteiger partial charge on any atom is -0.545 e. The predicted octanol–water partition coefficient (Wildman–Crippen LogP) is -0.395. The Balaban J connectivity index is 1.48. The van der Waals surface area contributed by atoms with Crippen LogP contribution in [0, 0.1) is 0 Å². The summed E-state index contributed by atoms with van der Waals surface area (Å²) in [4.78, 5) is 48.4. The molecule has 1 fully saturated rings. The average Bonchev–Trinajstić information content (AvgIpc) is 3.34. The standard InChI is InChI=1S/C20H20N6O5S/c1-2-24-11-13(18(29)30)15(27)12-10-21-19(22-16(12)24)25-5-7-26(8-6-25)20(32)23-17(28)14-4-3-9-31-14/h3-4,9-11H,2,5-8H2,1H3,(H,29,30)(H,23,28,32)/p-1. The quantitative estimate of drug-likeness (QED) is 0.518. The highest BCUT2D eigenvalue weighted by Gasteiger charge is 2.23. The van der Waals surface area contributed by atoms with Gasteiger partial charge in [0.05, 0.1) is 23.2 Å². The van der Waals surface area contributed by atoms with Gasteiger partial charge in [0, 0.05) is 45.1 Å².